The van der Waals surface area contributed by atoms with Crippen LogP contribution in [-0.4, -0.2) is 43.2 Å². The van der Waals surface area contributed by atoms with E-state index in [1.165, 1.54) is 32.1 Å². The molecule has 22 heavy (non-hydrogen) atoms. The van der Waals surface area contributed by atoms with E-state index in [4.69, 9.17) is 0 Å². The Morgan fingerprint density at radius 2 is 2.00 bits per heavy atom. The van der Waals surface area contributed by atoms with Crippen LogP contribution in [0.15, 0.2) is 6.20 Å². The minimum absolute atomic E-state index is 0.130. The minimum Gasteiger partial charge on any atom is -0.391 e. The van der Waals surface area contributed by atoms with Gasteiger partial charge in [0.1, 0.15) is 0 Å². The molecule has 0 spiro atoms. The highest BCUT2D eigenvalue weighted by Gasteiger charge is 2.39. The Hall–Kier alpha value is -0.940. The van der Waals surface area contributed by atoms with Crippen molar-refractivity contribution in [3.63, 3.8) is 0 Å². The van der Waals surface area contributed by atoms with E-state index in [-0.39, 0.29) is 12.1 Å². The van der Waals surface area contributed by atoms with Gasteiger partial charge >= 0.3 is 0 Å². The zero-order valence-electron chi connectivity index (χ0n) is 13.6. The average Bonchev–Trinajstić information content (AvgIpc) is 3.43. The van der Waals surface area contributed by atoms with Crippen molar-refractivity contribution in [2.24, 2.45) is 5.92 Å². The molecule has 3 atom stereocenters. The van der Waals surface area contributed by atoms with Crippen LogP contribution in [0.4, 0.5) is 0 Å². The van der Waals surface area contributed by atoms with Gasteiger partial charge in [-0.3, -0.25) is 4.90 Å². The third-order valence-electron chi connectivity index (χ3n) is 5.78. The largest absolute Gasteiger partial charge is 0.391 e. The summed E-state index contributed by atoms with van der Waals surface area (Å²) in [5.74, 6) is 0.899. The summed E-state index contributed by atoms with van der Waals surface area (Å²) < 4.78 is 1.92. The molecule has 1 aromatic rings. The number of hydrogen-bond donors (Lipinski definition) is 1. The molecule has 3 aliphatic rings. The Morgan fingerprint density at radius 3 is 2.68 bits per heavy atom. The summed E-state index contributed by atoms with van der Waals surface area (Å²) in [4.78, 5) is 2.64. The smallest absolute Gasteiger partial charge is 0.0967 e. The van der Waals surface area contributed by atoms with Gasteiger partial charge in [-0.1, -0.05) is 18.1 Å². The SMILES string of the molecule is CC(C1CC1)N(Cc1cn(C2CCCCC2O)nn1)C1CC1. The number of aromatic nitrogens is 3. The first-order valence-corrected chi connectivity index (χ1v) is 9.07. The molecule has 3 saturated carbocycles. The highest BCUT2D eigenvalue weighted by molar-refractivity contribution is 5.00. The average molecular weight is 304 g/mol. The predicted molar refractivity (Wildman–Crippen MR) is 84.3 cm³/mol. The van der Waals surface area contributed by atoms with E-state index in [0.29, 0.717) is 6.04 Å². The van der Waals surface area contributed by atoms with E-state index in [2.05, 4.69) is 28.3 Å². The van der Waals surface area contributed by atoms with Crippen LogP contribution in [0.3, 0.4) is 0 Å². The topological polar surface area (TPSA) is 54.2 Å². The summed E-state index contributed by atoms with van der Waals surface area (Å²) in [6, 6.07) is 1.57. The van der Waals surface area contributed by atoms with Crippen molar-refractivity contribution in [2.45, 2.75) is 89.1 Å². The summed E-state index contributed by atoms with van der Waals surface area (Å²) in [5, 5.41) is 18.9. The van der Waals surface area contributed by atoms with E-state index in [9.17, 15) is 5.11 Å². The van der Waals surface area contributed by atoms with Gasteiger partial charge in [0.05, 0.1) is 24.0 Å². The van der Waals surface area contributed by atoms with Gasteiger partial charge in [-0.2, -0.15) is 0 Å². The molecule has 4 rings (SSSR count). The van der Waals surface area contributed by atoms with Crippen LogP contribution in [-0.2, 0) is 6.54 Å². The maximum absolute atomic E-state index is 10.2. The second-order valence-corrected chi connectivity index (χ2v) is 7.59. The molecule has 0 aliphatic heterocycles. The quantitative estimate of drug-likeness (QED) is 0.877. The molecule has 1 N–H and O–H groups in total. The van der Waals surface area contributed by atoms with Crippen LogP contribution in [0.1, 0.15) is 70.0 Å². The van der Waals surface area contributed by atoms with Crippen LogP contribution in [0, 0.1) is 5.92 Å². The molecule has 122 valence electrons. The molecule has 5 nitrogen and oxygen atoms in total. The summed E-state index contributed by atoms with van der Waals surface area (Å²) in [6.07, 6.45) is 11.5. The number of nitrogens with zero attached hydrogens (tertiary/aromatic N) is 4. The molecule has 1 heterocycles. The Morgan fingerprint density at radius 1 is 1.23 bits per heavy atom. The first-order valence-electron chi connectivity index (χ1n) is 9.07. The van der Waals surface area contributed by atoms with Gasteiger partial charge in [-0.05, 0) is 51.4 Å². The third kappa shape index (κ3) is 3.06. The fourth-order valence-electron chi connectivity index (χ4n) is 4.00. The van der Waals surface area contributed by atoms with Crippen LogP contribution in [0.2, 0.25) is 0 Å². The first kappa shape index (κ1) is 14.6. The normalized spacial score (nSPS) is 30.7. The molecule has 1 aromatic heterocycles. The summed E-state index contributed by atoms with van der Waals surface area (Å²) in [6.45, 7) is 3.30. The van der Waals surface area contributed by atoms with Gasteiger partial charge in [-0.25, -0.2) is 4.68 Å². The summed E-state index contributed by atoms with van der Waals surface area (Å²) in [7, 11) is 0. The van der Waals surface area contributed by atoms with Crippen LogP contribution in [0.5, 0.6) is 0 Å². The molecular formula is C17H28N4O. The zero-order chi connectivity index (χ0) is 15.1. The Balaban J connectivity index is 1.44. The van der Waals surface area contributed by atoms with E-state index in [0.717, 1.165) is 43.5 Å². The third-order valence-corrected chi connectivity index (χ3v) is 5.78. The van der Waals surface area contributed by atoms with E-state index >= 15 is 0 Å². The summed E-state index contributed by atoms with van der Waals surface area (Å²) in [5.41, 5.74) is 1.07. The van der Waals surface area contributed by atoms with Crippen molar-refractivity contribution in [3.05, 3.63) is 11.9 Å². The fourth-order valence-corrected chi connectivity index (χ4v) is 4.00. The minimum atomic E-state index is -0.256. The van der Waals surface area contributed by atoms with Crippen LogP contribution in [0.25, 0.3) is 0 Å². The lowest BCUT2D eigenvalue weighted by Crippen LogP contribution is -2.36. The monoisotopic (exact) mass is 304 g/mol. The van der Waals surface area contributed by atoms with Crippen molar-refractivity contribution in [1.82, 2.24) is 19.9 Å². The van der Waals surface area contributed by atoms with Gasteiger partial charge in [-0.15, -0.1) is 5.10 Å². The van der Waals surface area contributed by atoms with Crippen molar-refractivity contribution < 1.29 is 5.11 Å². The van der Waals surface area contributed by atoms with Gasteiger partial charge in [0.25, 0.3) is 0 Å². The Bertz CT molecular complexity index is 509. The van der Waals surface area contributed by atoms with Crippen molar-refractivity contribution in [2.75, 3.05) is 0 Å². The molecule has 0 saturated heterocycles. The second-order valence-electron chi connectivity index (χ2n) is 7.59. The lowest BCUT2D eigenvalue weighted by atomic mass is 9.93. The number of aliphatic hydroxyl groups is 1. The second kappa shape index (κ2) is 5.93. The van der Waals surface area contributed by atoms with Gasteiger partial charge in [0, 0.05) is 18.6 Å². The number of rotatable bonds is 6. The van der Waals surface area contributed by atoms with Gasteiger partial charge < -0.3 is 5.11 Å². The van der Waals surface area contributed by atoms with Gasteiger partial charge in [0.15, 0.2) is 0 Å². The highest BCUT2D eigenvalue weighted by Crippen LogP contribution is 2.40. The van der Waals surface area contributed by atoms with Gasteiger partial charge in [0.2, 0.25) is 0 Å². The van der Waals surface area contributed by atoms with Crippen molar-refractivity contribution >= 4 is 0 Å². The molecule has 0 bridgehead atoms. The molecule has 0 amide bonds. The van der Waals surface area contributed by atoms with Crippen LogP contribution < -0.4 is 0 Å². The Kier molecular flexibility index (Phi) is 3.95. The predicted octanol–water partition coefficient (Wildman–Crippen LogP) is 2.52. The Labute approximate surface area is 132 Å². The number of hydrogen-bond acceptors (Lipinski definition) is 4. The molecule has 5 heteroatoms. The molecule has 3 fully saturated rings. The first-order chi connectivity index (χ1) is 10.7. The molecule has 3 unspecified atom stereocenters. The number of aliphatic hydroxyl groups excluding tert-OH is 1. The standard InChI is InChI=1S/C17H28N4O/c1-12(13-6-7-13)20(15-8-9-15)10-14-11-21(19-18-14)16-4-2-3-5-17(16)22/h11-13,15-17,22H,2-10H2,1H3. The van der Waals surface area contributed by atoms with E-state index < -0.39 is 0 Å². The van der Waals surface area contributed by atoms with E-state index in [1.54, 1.807) is 0 Å². The molecular weight excluding hydrogens is 276 g/mol. The maximum atomic E-state index is 10.2. The summed E-state index contributed by atoms with van der Waals surface area (Å²) >= 11 is 0. The van der Waals surface area contributed by atoms with Crippen molar-refractivity contribution in [1.29, 1.82) is 0 Å². The fraction of sp³-hybridized carbons (Fsp3) is 0.882. The van der Waals surface area contributed by atoms with Crippen LogP contribution >= 0.6 is 0 Å². The lowest BCUT2D eigenvalue weighted by molar-refractivity contribution is 0.0684. The lowest BCUT2D eigenvalue weighted by Gasteiger charge is -2.28. The highest BCUT2D eigenvalue weighted by atomic mass is 16.3. The zero-order valence-corrected chi connectivity index (χ0v) is 13.6. The van der Waals surface area contributed by atoms with E-state index in [1.807, 2.05) is 4.68 Å². The van der Waals surface area contributed by atoms with Crippen molar-refractivity contribution in [3.8, 4) is 0 Å². The molecule has 0 aromatic carbocycles. The maximum Gasteiger partial charge on any atom is 0.0967 e. The molecule has 3 aliphatic carbocycles. The molecule has 0 radical (unpaired) electrons.